The number of nitrogens with one attached hydrogen (secondary N) is 1. The quantitative estimate of drug-likeness (QED) is 0.663. The van der Waals surface area contributed by atoms with Gasteiger partial charge in [0.05, 0.1) is 18.4 Å². The maximum atomic E-state index is 13.7. The van der Waals surface area contributed by atoms with E-state index in [2.05, 4.69) is 10.1 Å². The van der Waals surface area contributed by atoms with Gasteiger partial charge in [-0.25, -0.2) is 9.18 Å². The second-order valence-corrected chi connectivity index (χ2v) is 4.04. The molecule has 0 bridgehead atoms. The molecule has 116 valence electrons. The van der Waals surface area contributed by atoms with Crippen LogP contribution in [-0.2, 0) is 9.53 Å². The minimum atomic E-state index is -5.11. The lowest BCUT2D eigenvalue weighted by Crippen LogP contribution is -2.22. The molecule has 9 heteroatoms. The summed E-state index contributed by atoms with van der Waals surface area (Å²) >= 11 is 0. The average Bonchev–Trinajstić information content (AvgIpc) is 2.35. The van der Waals surface area contributed by atoms with E-state index in [1.165, 1.54) is 0 Å². The van der Waals surface area contributed by atoms with E-state index in [-0.39, 0.29) is 5.69 Å². The molecule has 0 fully saturated rings. The molecule has 21 heavy (non-hydrogen) atoms. The van der Waals surface area contributed by atoms with Crippen molar-refractivity contribution in [3.05, 3.63) is 29.1 Å². The van der Waals surface area contributed by atoms with Crippen LogP contribution < -0.4 is 5.32 Å². The third kappa shape index (κ3) is 3.91. The Labute approximate surface area is 116 Å². The average molecular weight is 309 g/mol. The molecule has 0 aliphatic rings. The normalized spacial score (nSPS) is 12.7. The number of carbonyl (C=O) groups is 2. The Hall–Kier alpha value is -2.16. The van der Waals surface area contributed by atoms with Gasteiger partial charge in [-0.3, -0.25) is 4.79 Å². The molecule has 1 unspecified atom stereocenters. The third-order valence-electron chi connectivity index (χ3n) is 2.46. The highest BCUT2D eigenvalue weighted by molar-refractivity contribution is 6.00. The topological polar surface area (TPSA) is 75.6 Å². The lowest BCUT2D eigenvalue weighted by molar-refractivity contribution is -0.207. The van der Waals surface area contributed by atoms with Crippen LogP contribution in [0.2, 0.25) is 0 Å². The van der Waals surface area contributed by atoms with E-state index in [0.717, 1.165) is 14.0 Å². The maximum absolute atomic E-state index is 13.7. The Morgan fingerprint density at radius 3 is 2.33 bits per heavy atom. The van der Waals surface area contributed by atoms with Crippen LogP contribution in [0.5, 0.6) is 0 Å². The molecular formula is C12H11F4NO4. The standard InChI is InChI=1S/C12H11F4NO4/c1-5(18)17-9-4-8(13)6(10(19)12(14,15)16)3-7(9)11(20)21-2/h3-4,10,19H,1-2H3,(H,17,18). The SMILES string of the molecule is COC(=O)c1cc(C(O)C(F)(F)F)c(F)cc1NC(C)=O. The predicted octanol–water partition coefficient (Wildman–Crippen LogP) is 2.17. The molecule has 1 aromatic carbocycles. The molecule has 0 saturated heterocycles. The molecule has 0 aliphatic carbocycles. The van der Waals surface area contributed by atoms with Crippen LogP contribution in [-0.4, -0.2) is 30.3 Å². The summed E-state index contributed by atoms with van der Waals surface area (Å²) in [5, 5.41) is 11.2. The third-order valence-corrected chi connectivity index (χ3v) is 2.46. The highest BCUT2D eigenvalue weighted by atomic mass is 19.4. The first-order valence-electron chi connectivity index (χ1n) is 5.52. The molecule has 1 amide bonds. The summed E-state index contributed by atoms with van der Waals surface area (Å²) in [6.45, 7) is 1.07. The number of rotatable bonds is 3. The summed E-state index contributed by atoms with van der Waals surface area (Å²) in [5.41, 5.74) is -2.01. The van der Waals surface area contributed by atoms with Crippen molar-refractivity contribution in [1.29, 1.82) is 0 Å². The predicted molar refractivity (Wildman–Crippen MR) is 63.1 cm³/mol. The van der Waals surface area contributed by atoms with Crippen molar-refractivity contribution in [3.8, 4) is 0 Å². The van der Waals surface area contributed by atoms with E-state index in [4.69, 9.17) is 5.11 Å². The van der Waals surface area contributed by atoms with E-state index >= 15 is 0 Å². The molecule has 0 radical (unpaired) electrons. The van der Waals surface area contributed by atoms with Crippen LogP contribution in [0.1, 0.15) is 28.9 Å². The fourth-order valence-corrected chi connectivity index (χ4v) is 1.55. The molecule has 1 aromatic rings. The largest absolute Gasteiger partial charge is 0.465 e. The van der Waals surface area contributed by atoms with Gasteiger partial charge < -0.3 is 15.2 Å². The number of methoxy groups -OCH3 is 1. The number of esters is 1. The Kier molecular flexibility index (Phi) is 4.89. The Morgan fingerprint density at radius 2 is 1.90 bits per heavy atom. The number of aliphatic hydroxyl groups is 1. The van der Waals surface area contributed by atoms with E-state index in [0.29, 0.717) is 12.1 Å². The smallest absolute Gasteiger partial charge is 0.418 e. The number of anilines is 1. The molecule has 1 atom stereocenters. The second kappa shape index (κ2) is 6.08. The summed E-state index contributed by atoms with van der Waals surface area (Å²) in [6, 6.07) is 1.00. The lowest BCUT2D eigenvalue weighted by atomic mass is 10.0. The highest BCUT2D eigenvalue weighted by Gasteiger charge is 2.41. The molecule has 0 aliphatic heterocycles. The van der Waals surface area contributed by atoms with Crippen LogP contribution in [0.3, 0.4) is 0 Å². The Balaban J connectivity index is 3.44. The van der Waals surface area contributed by atoms with Crippen LogP contribution in [0.15, 0.2) is 12.1 Å². The first-order valence-corrected chi connectivity index (χ1v) is 5.52. The van der Waals surface area contributed by atoms with Gasteiger partial charge in [0.25, 0.3) is 0 Å². The van der Waals surface area contributed by atoms with Crippen molar-refractivity contribution in [1.82, 2.24) is 0 Å². The number of amides is 1. The summed E-state index contributed by atoms with van der Waals surface area (Å²) in [4.78, 5) is 22.4. The highest BCUT2D eigenvalue weighted by Crippen LogP contribution is 2.35. The number of halogens is 4. The molecule has 5 nitrogen and oxygen atoms in total. The summed E-state index contributed by atoms with van der Waals surface area (Å²) < 4.78 is 55.3. The maximum Gasteiger partial charge on any atom is 0.418 e. The van der Waals surface area contributed by atoms with Crippen LogP contribution in [0, 0.1) is 5.82 Å². The first-order chi connectivity index (χ1) is 9.57. The van der Waals surface area contributed by atoms with Crippen molar-refractivity contribution < 1.29 is 37.0 Å². The monoisotopic (exact) mass is 309 g/mol. The van der Waals surface area contributed by atoms with Crippen LogP contribution in [0.25, 0.3) is 0 Å². The van der Waals surface area contributed by atoms with E-state index < -0.39 is 41.1 Å². The van der Waals surface area contributed by atoms with Crippen LogP contribution in [0.4, 0.5) is 23.2 Å². The van der Waals surface area contributed by atoms with Gasteiger partial charge in [0.1, 0.15) is 5.82 Å². The van der Waals surface area contributed by atoms with Crippen LogP contribution >= 0.6 is 0 Å². The molecular weight excluding hydrogens is 298 g/mol. The number of aliphatic hydroxyl groups excluding tert-OH is 1. The zero-order valence-electron chi connectivity index (χ0n) is 10.9. The van der Waals surface area contributed by atoms with Crippen molar-refractivity contribution in [2.75, 3.05) is 12.4 Å². The van der Waals surface area contributed by atoms with Gasteiger partial charge in [-0.1, -0.05) is 0 Å². The summed E-state index contributed by atoms with van der Waals surface area (Å²) in [6.07, 6.45) is -8.21. The van der Waals surface area contributed by atoms with E-state index in [1.807, 2.05) is 0 Å². The molecule has 0 heterocycles. The Morgan fingerprint density at radius 1 is 1.33 bits per heavy atom. The van der Waals surface area contributed by atoms with E-state index in [1.54, 1.807) is 0 Å². The minimum Gasteiger partial charge on any atom is -0.465 e. The van der Waals surface area contributed by atoms with Gasteiger partial charge in [-0.15, -0.1) is 0 Å². The molecule has 0 saturated carbocycles. The zero-order chi connectivity index (χ0) is 16.4. The van der Waals surface area contributed by atoms with Gasteiger partial charge in [0, 0.05) is 12.5 Å². The number of carbonyl (C=O) groups excluding carboxylic acids is 2. The molecule has 2 N–H and O–H groups in total. The molecule has 1 rings (SSSR count). The second-order valence-electron chi connectivity index (χ2n) is 4.04. The van der Waals surface area contributed by atoms with Crippen molar-refractivity contribution in [2.24, 2.45) is 0 Å². The fourth-order valence-electron chi connectivity index (χ4n) is 1.55. The van der Waals surface area contributed by atoms with Gasteiger partial charge in [-0.05, 0) is 12.1 Å². The zero-order valence-corrected chi connectivity index (χ0v) is 10.9. The molecule has 0 spiro atoms. The number of benzene rings is 1. The van der Waals surface area contributed by atoms with Crippen molar-refractivity contribution >= 4 is 17.6 Å². The number of alkyl halides is 3. The van der Waals surface area contributed by atoms with Gasteiger partial charge in [-0.2, -0.15) is 13.2 Å². The molecule has 0 aromatic heterocycles. The number of hydrogen-bond donors (Lipinski definition) is 2. The first kappa shape index (κ1) is 16.9. The fraction of sp³-hybridized carbons (Fsp3) is 0.333. The number of ether oxygens (including phenoxy) is 1. The lowest BCUT2D eigenvalue weighted by Gasteiger charge is -2.18. The van der Waals surface area contributed by atoms with Crippen molar-refractivity contribution in [3.63, 3.8) is 0 Å². The van der Waals surface area contributed by atoms with Gasteiger partial charge in [0.15, 0.2) is 6.10 Å². The summed E-state index contributed by atoms with van der Waals surface area (Å²) in [7, 11) is 0.961. The van der Waals surface area contributed by atoms with Gasteiger partial charge in [0.2, 0.25) is 5.91 Å². The van der Waals surface area contributed by atoms with Crippen molar-refractivity contribution in [2.45, 2.75) is 19.2 Å². The van der Waals surface area contributed by atoms with E-state index in [9.17, 15) is 27.2 Å². The van der Waals surface area contributed by atoms with Gasteiger partial charge >= 0.3 is 12.1 Å². The Bertz CT molecular complexity index is 571. The number of hydrogen-bond acceptors (Lipinski definition) is 4. The summed E-state index contributed by atoms with van der Waals surface area (Å²) in [5.74, 6) is -3.17. The minimum absolute atomic E-state index is 0.357.